The van der Waals surface area contributed by atoms with Crippen LogP contribution in [0.4, 0.5) is 0 Å². The van der Waals surface area contributed by atoms with Crippen molar-refractivity contribution < 1.29 is 13.2 Å². The number of ether oxygens (including phenoxy) is 1. The van der Waals surface area contributed by atoms with E-state index in [1.165, 1.54) is 6.20 Å². The molecule has 22 heavy (non-hydrogen) atoms. The van der Waals surface area contributed by atoms with Gasteiger partial charge in [-0.1, -0.05) is 23.7 Å². The number of halogens is 1. The number of sulfonamides is 1. The van der Waals surface area contributed by atoms with E-state index < -0.39 is 10.0 Å². The SMILES string of the molecule is O=S(=O)(NCC1CCOCC1)c1cccc2c(Cl)ccnc12. The first-order valence-corrected chi connectivity index (χ1v) is 9.05. The number of fused-ring (bicyclic) bond motifs is 1. The Balaban J connectivity index is 1.87. The number of hydrogen-bond donors (Lipinski definition) is 1. The molecular weight excluding hydrogens is 324 g/mol. The predicted molar refractivity (Wildman–Crippen MR) is 85.5 cm³/mol. The van der Waals surface area contributed by atoms with Crippen molar-refractivity contribution in [3.05, 3.63) is 35.5 Å². The number of nitrogens with one attached hydrogen (secondary N) is 1. The van der Waals surface area contributed by atoms with Gasteiger partial charge in [-0.15, -0.1) is 0 Å². The Labute approximate surface area is 134 Å². The lowest BCUT2D eigenvalue weighted by molar-refractivity contribution is 0.0678. The van der Waals surface area contributed by atoms with Gasteiger partial charge in [-0.2, -0.15) is 0 Å². The van der Waals surface area contributed by atoms with Crippen LogP contribution in [-0.4, -0.2) is 33.2 Å². The normalized spacial score (nSPS) is 17.0. The first kappa shape index (κ1) is 15.7. The van der Waals surface area contributed by atoms with Crippen molar-refractivity contribution in [3.8, 4) is 0 Å². The largest absolute Gasteiger partial charge is 0.381 e. The third kappa shape index (κ3) is 3.25. The van der Waals surface area contributed by atoms with Gasteiger partial charge in [-0.25, -0.2) is 13.1 Å². The number of para-hydroxylation sites is 1. The van der Waals surface area contributed by atoms with Gasteiger partial charge >= 0.3 is 0 Å². The lowest BCUT2D eigenvalue weighted by atomic mass is 10.0. The molecular formula is C15H17ClN2O3S. The topological polar surface area (TPSA) is 68.3 Å². The lowest BCUT2D eigenvalue weighted by Gasteiger charge is -2.22. The highest BCUT2D eigenvalue weighted by atomic mass is 35.5. The summed E-state index contributed by atoms with van der Waals surface area (Å²) in [6.45, 7) is 1.80. The zero-order valence-corrected chi connectivity index (χ0v) is 13.5. The summed E-state index contributed by atoms with van der Waals surface area (Å²) in [5, 5.41) is 1.13. The Kier molecular flexibility index (Phi) is 4.63. The van der Waals surface area contributed by atoms with Gasteiger partial charge in [0, 0.05) is 31.3 Å². The van der Waals surface area contributed by atoms with E-state index in [-0.39, 0.29) is 4.90 Å². The molecule has 1 saturated heterocycles. The molecule has 2 aromatic rings. The van der Waals surface area contributed by atoms with Crippen LogP contribution in [-0.2, 0) is 14.8 Å². The molecule has 0 aliphatic carbocycles. The molecule has 1 fully saturated rings. The van der Waals surface area contributed by atoms with Gasteiger partial charge < -0.3 is 4.74 Å². The highest BCUT2D eigenvalue weighted by Crippen LogP contribution is 2.26. The molecule has 1 aromatic heterocycles. The Morgan fingerprint density at radius 1 is 1.27 bits per heavy atom. The summed E-state index contributed by atoms with van der Waals surface area (Å²) in [4.78, 5) is 4.35. The molecule has 1 aromatic carbocycles. The van der Waals surface area contributed by atoms with Crippen molar-refractivity contribution in [1.29, 1.82) is 0 Å². The minimum Gasteiger partial charge on any atom is -0.381 e. The Morgan fingerprint density at radius 2 is 2.05 bits per heavy atom. The summed E-state index contributed by atoms with van der Waals surface area (Å²) in [6.07, 6.45) is 3.27. The molecule has 0 saturated carbocycles. The highest BCUT2D eigenvalue weighted by molar-refractivity contribution is 7.89. The van der Waals surface area contributed by atoms with Crippen LogP contribution < -0.4 is 4.72 Å². The molecule has 1 N–H and O–H groups in total. The maximum Gasteiger partial charge on any atom is 0.242 e. The minimum absolute atomic E-state index is 0.166. The van der Waals surface area contributed by atoms with Crippen molar-refractivity contribution in [2.75, 3.05) is 19.8 Å². The standard InChI is InChI=1S/C15H17ClN2O3S/c16-13-4-7-17-15-12(13)2-1-3-14(15)22(19,20)18-10-11-5-8-21-9-6-11/h1-4,7,11,18H,5-6,8-10H2. The predicted octanol–water partition coefficient (Wildman–Crippen LogP) is 2.59. The monoisotopic (exact) mass is 340 g/mol. The third-order valence-corrected chi connectivity index (χ3v) is 5.66. The average molecular weight is 341 g/mol. The Hall–Kier alpha value is -1.21. The molecule has 0 radical (unpaired) electrons. The number of rotatable bonds is 4. The molecule has 0 atom stereocenters. The maximum atomic E-state index is 12.6. The first-order valence-electron chi connectivity index (χ1n) is 7.18. The van der Waals surface area contributed by atoms with Crippen molar-refractivity contribution in [3.63, 3.8) is 0 Å². The molecule has 0 unspecified atom stereocenters. The van der Waals surface area contributed by atoms with Crippen molar-refractivity contribution in [1.82, 2.24) is 9.71 Å². The van der Waals surface area contributed by atoms with Crippen LogP contribution in [0.25, 0.3) is 10.9 Å². The number of nitrogens with zero attached hydrogens (tertiary/aromatic N) is 1. The highest BCUT2D eigenvalue weighted by Gasteiger charge is 2.21. The zero-order valence-electron chi connectivity index (χ0n) is 12.0. The summed E-state index contributed by atoms with van der Waals surface area (Å²) in [6, 6.07) is 6.65. The van der Waals surface area contributed by atoms with Crippen LogP contribution in [0.15, 0.2) is 35.4 Å². The number of pyridine rings is 1. The summed E-state index contributed by atoms with van der Waals surface area (Å²) in [5.74, 6) is 0.315. The van der Waals surface area contributed by atoms with Gasteiger partial charge in [0.05, 0.1) is 10.5 Å². The first-order chi connectivity index (χ1) is 10.6. The summed E-state index contributed by atoms with van der Waals surface area (Å²) >= 11 is 6.11. The van der Waals surface area contributed by atoms with Gasteiger partial charge in [0.1, 0.15) is 4.90 Å². The van der Waals surface area contributed by atoms with Gasteiger partial charge in [0.2, 0.25) is 10.0 Å². The molecule has 5 nitrogen and oxygen atoms in total. The van der Waals surface area contributed by atoms with E-state index in [0.717, 1.165) is 12.8 Å². The van der Waals surface area contributed by atoms with E-state index in [1.54, 1.807) is 24.3 Å². The van der Waals surface area contributed by atoms with Gasteiger partial charge in [-0.3, -0.25) is 4.98 Å². The summed E-state index contributed by atoms with van der Waals surface area (Å²) in [7, 11) is -3.61. The second kappa shape index (κ2) is 6.50. The second-order valence-corrected chi connectivity index (χ2v) is 7.50. The number of aromatic nitrogens is 1. The van der Waals surface area contributed by atoms with E-state index in [1.807, 2.05) is 0 Å². The molecule has 1 aliphatic rings. The fourth-order valence-corrected chi connectivity index (χ4v) is 4.08. The smallest absolute Gasteiger partial charge is 0.242 e. The lowest BCUT2D eigenvalue weighted by Crippen LogP contribution is -2.32. The molecule has 0 amide bonds. The second-order valence-electron chi connectivity index (χ2n) is 5.35. The molecule has 7 heteroatoms. The van der Waals surface area contributed by atoms with Crippen molar-refractivity contribution in [2.24, 2.45) is 5.92 Å². The van der Waals surface area contributed by atoms with Crippen LogP contribution in [0.1, 0.15) is 12.8 Å². The van der Waals surface area contributed by atoms with E-state index in [0.29, 0.717) is 41.6 Å². The Bertz CT molecular complexity index is 773. The summed E-state index contributed by atoms with van der Waals surface area (Å²) in [5.41, 5.74) is 0.398. The van der Waals surface area contributed by atoms with Crippen LogP contribution in [0.3, 0.4) is 0 Å². The van der Waals surface area contributed by atoms with E-state index >= 15 is 0 Å². The van der Waals surface area contributed by atoms with E-state index in [2.05, 4.69) is 9.71 Å². The number of hydrogen-bond acceptors (Lipinski definition) is 4. The van der Waals surface area contributed by atoms with E-state index in [4.69, 9.17) is 16.3 Å². The fourth-order valence-electron chi connectivity index (χ4n) is 2.59. The van der Waals surface area contributed by atoms with Crippen LogP contribution >= 0.6 is 11.6 Å². The molecule has 118 valence electrons. The molecule has 0 bridgehead atoms. The molecule has 3 rings (SSSR count). The van der Waals surface area contributed by atoms with Crippen LogP contribution in [0.5, 0.6) is 0 Å². The fraction of sp³-hybridized carbons (Fsp3) is 0.400. The van der Waals surface area contributed by atoms with Crippen molar-refractivity contribution >= 4 is 32.5 Å². The van der Waals surface area contributed by atoms with Crippen LogP contribution in [0, 0.1) is 5.92 Å². The zero-order chi connectivity index (χ0) is 15.6. The van der Waals surface area contributed by atoms with E-state index in [9.17, 15) is 8.42 Å². The quantitative estimate of drug-likeness (QED) is 0.928. The molecule has 2 heterocycles. The van der Waals surface area contributed by atoms with Gasteiger partial charge in [-0.05, 0) is 30.9 Å². The molecule has 0 spiro atoms. The molecule has 1 aliphatic heterocycles. The third-order valence-electron chi connectivity index (χ3n) is 3.87. The van der Waals surface area contributed by atoms with Crippen molar-refractivity contribution in [2.45, 2.75) is 17.7 Å². The average Bonchev–Trinajstić information content (AvgIpc) is 2.54. The maximum absolute atomic E-state index is 12.6. The Morgan fingerprint density at radius 3 is 2.82 bits per heavy atom. The number of benzene rings is 1. The van der Waals surface area contributed by atoms with Crippen LogP contribution in [0.2, 0.25) is 5.02 Å². The van der Waals surface area contributed by atoms with Gasteiger partial charge in [0.15, 0.2) is 0 Å². The van der Waals surface area contributed by atoms with Gasteiger partial charge in [0.25, 0.3) is 0 Å². The minimum atomic E-state index is -3.61. The summed E-state index contributed by atoms with van der Waals surface area (Å²) < 4.78 is 33.1.